The van der Waals surface area contributed by atoms with Crippen molar-refractivity contribution < 1.29 is 9.47 Å². The Morgan fingerprint density at radius 2 is 1.92 bits per heavy atom. The standard InChI is InChI=1S/C8H19N2O2Si/c1-11-8(13,12-2)4-3-6-10-7-5-9/h10H,3-7,9H2,1-2H3. The highest BCUT2D eigenvalue weighted by Gasteiger charge is 2.21. The van der Waals surface area contributed by atoms with Crippen LogP contribution in [-0.4, -0.2) is 49.5 Å². The normalized spacial score (nSPS) is 12.0. The van der Waals surface area contributed by atoms with Crippen LogP contribution in [0.5, 0.6) is 0 Å². The molecule has 0 spiro atoms. The van der Waals surface area contributed by atoms with E-state index in [2.05, 4.69) is 15.6 Å². The fraction of sp³-hybridized carbons (Fsp3) is 1.00. The lowest BCUT2D eigenvalue weighted by atomic mass is 10.3. The fourth-order valence-electron chi connectivity index (χ4n) is 0.961. The maximum absolute atomic E-state index is 5.33. The van der Waals surface area contributed by atoms with Crippen molar-refractivity contribution in [3.05, 3.63) is 0 Å². The summed E-state index contributed by atoms with van der Waals surface area (Å²) in [5.74, 6) is 0. The summed E-state index contributed by atoms with van der Waals surface area (Å²) in [6, 6.07) is 0. The summed E-state index contributed by atoms with van der Waals surface area (Å²) in [5, 5.41) is 3.20. The first-order valence-corrected chi connectivity index (χ1v) is 4.94. The molecule has 0 rings (SSSR count). The van der Waals surface area contributed by atoms with E-state index in [9.17, 15) is 0 Å². The Balaban J connectivity index is 3.39. The Morgan fingerprint density at radius 1 is 1.31 bits per heavy atom. The number of nitrogens with one attached hydrogen (secondary N) is 1. The molecule has 0 aliphatic rings. The highest BCUT2D eigenvalue weighted by Crippen LogP contribution is 2.12. The molecule has 0 aromatic carbocycles. The molecule has 0 aliphatic carbocycles. The maximum atomic E-state index is 5.33. The van der Waals surface area contributed by atoms with Gasteiger partial charge in [-0.3, -0.25) is 0 Å². The highest BCUT2D eigenvalue weighted by molar-refractivity contribution is 6.13. The third-order valence-corrected chi connectivity index (χ3v) is 2.50. The van der Waals surface area contributed by atoms with Crippen LogP contribution >= 0.6 is 0 Å². The van der Waals surface area contributed by atoms with Gasteiger partial charge in [-0.2, -0.15) is 0 Å². The van der Waals surface area contributed by atoms with Crippen molar-refractivity contribution in [3.8, 4) is 0 Å². The van der Waals surface area contributed by atoms with Gasteiger partial charge in [0.2, 0.25) is 0 Å². The van der Waals surface area contributed by atoms with Crippen LogP contribution in [0.2, 0.25) is 0 Å². The van der Waals surface area contributed by atoms with Crippen LogP contribution in [0.3, 0.4) is 0 Å². The summed E-state index contributed by atoms with van der Waals surface area (Å²) in [6.07, 6.45) is 1.78. The molecule has 0 aromatic heterocycles. The molecule has 0 aliphatic heterocycles. The molecular formula is C8H19N2O2Si. The Labute approximate surface area is 83.6 Å². The first kappa shape index (κ1) is 13.1. The minimum atomic E-state index is -0.635. The van der Waals surface area contributed by atoms with Crippen molar-refractivity contribution in [1.29, 1.82) is 0 Å². The summed E-state index contributed by atoms with van der Waals surface area (Å²) in [7, 11) is 6.64. The molecule has 0 saturated carbocycles. The molecule has 13 heavy (non-hydrogen) atoms. The molecule has 77 valence electrons. The SMILES string of the molecule is COC([Si])(CCCNCCN)OC. The number of hydrogen-bond acceptors (Lipinski definition) is 4. The topological polar surface area (TPSA) is 56.5 Å². The molecule has 0 heterocycles. The third kappa shape index (κ3) is 6.17. The van der Waals surface area contributed by atoms with Gasteiger partial charge in [-0.25, -0.2) is 0 Å². The molecule has 0 atom stereocenters. The smallest absolute Gasteiger partial charge is 0.143 e. The van der Waals surface area contributed by atoms with Crippen molar-refractivity contribution >= 4 is 10.2 Å². The Kier molecular flexibility index (Phi) is 7.49. The first-order valence-electron chi connectivity index (χ1n) is 4.44. The number of ether oxygens (including phenoxy) is 2. The maximum Gasteiger partial charge on any atom is 0.143 e. The van der Waals surface area contributed by atoms with Gasteiger partial charge in [0.15, 0.2) is 0 Å². The van der Waals surface area contributed by atoms with Gasteiger partial charge >= 0.3 is 0 Å². The van der Waals surface area contributed by atoms with Crippen molar-refractivity contribution in [2.75, 3.05) is 33.9 Å². The summed E-state index contributed by atoms with van der Waals surface area (Å²) in [5.41, 5.74) is 4.69. The number of methoxy groups -OCH3 is 2. The van der Waals surface area contributed by atoms with E-state index in [-0.39, 0.29) is 0 Å². The van der Waals surface area contributed by atoms with E-state index in [0.29, 0.717) is 6.54 Å². The van der Waals surface area contributed by atoms with Gasteiger partial charge in [-0.05, 0) is 19.4 Å². The largest absolute Gasteiger partial charge is 0.358 e. The molecule has 0 fully saturated rings. The number of rotatable bonds is 8. The van der Waals surface area contributed by atoms with E-state index in [4.69, 9.17) is 15.2 Å². The van der Waals surface area contributed by atoms with E-state index in [0.717, 1.165) is 25.9 Å². The first-order chi connectivity index (χ1) is 6.18. The second-order valence-corrected chi connectivity index (χ2v) is 3.57. The van der Waals surface area contributed by atoms with E-state index < -0.39 is 5.41 Å². The van der Waals surface area contributed by atoms with Crippen LogP contribution in [0, 0.1) is 0 Å². The molecule has 0 unspecified atom stereocenters. The highest BCUT2D eigenvalue weighted by atomic mass is 28.1. The van der Waals surface area contributed by atoms with Crippen LogP contribution in [0.4, 0.5) is 0 Å². The van der Waals surface area contributed by atoms with Gasteiger partial charge in [0.25, 0.3) is 0 Å². The summed E-state index contributed by atoms with van der Waals surface area (Å²) >= 11 is 0. The minimum Gasteiger partial charge on any atom is -0.358 e. The zero-order valence-electron chi connectivity index (χ0n) is 8.43. The van der Waals surface area contributed by atoms with Crippen molar-refractivity contribution in [2.45, 2.75) is 18.3 Å². The second kappa shape index (κ2) is 7.46. The van der Waals surface area contributed by atoms with Crippen molar-refractivity contribution in [2.24, 2.45) is 5.73 Å². The zero-order valence-corrected chi connectivity index (χ0v) is 9.43. The average molecular weight is 203 g/mol. The third-order valence-electron chi connectivity index (χ3n) is 1.84. The predicted octanol–water partition coefficient (Wildman–Crippen LogP) is -0.570. The zero-order chi connectivity index (χ0) is 10.2. The Morgan fingerprint density at radius 3 is 2.38 bits per heavy atom. The van der Waals surface area contributed by atoms with E-state index in [1.165, 1.54) is 0 Å². The molecule has 0 aromatic rings. The van der Waals surface area contributed by atoms with Gasteiger partial charge in [0, 0.05) is 27.3 Å². The molecule has 4 nitrogen and oxygen atoms in total. The lowest BCUT2D eigenvalue weighted by molar-refractivity contribution is -0.146. The Bertz CT molecular complexity index is 121. The van der Waals surface area contributed by atoms with Gasteiger partial charge in [0.1, 0.15) is 15.7 Å². The quantitative estimate of drug-likeness (QED) is 0.315. The molecule has 3 N–H and O–H groups in total. The second-order valence-electron chi connectivity index (χ2n) is 2.80. The summed E-state index contributed by atoms with van der Waals surface area (Å²) in [6.45, 7) is 2.46. The van der Waals surface area contributed by atoms with Gasteiger partial charge in [0.05, 0.1) is 0 Å². The van der Waals surface area contributed by atoms with Crippen molar-refractivity contribution in [3.63, 3.8) is 0 Å². The number of nitrogens with two attached hydrogens (primary N) is 1. The number of hydrogen-bond donors (Lipinski definition) is 2. The minimum absolute atomic E-state index is 0.635. The molecular weight excluding hydrogens is 184 g/mol. The predicted molar refractivity (Wildman–Crippen MR) is 53.7 cm³/mol. The molecule has 0 amide bonds. The van der Waals surface area contributed by atoms with E-state index in [1.54, 1.807) is 14.2 Å². The molecule has 0 saturated heterocycles. The fourth-order valence-corrected chi connectivity index (χ4v) is 1.14. The van der Waals surface area contributed by atoms with Crippen LogP contribution in [0.25, 0.3) is 0 Å². The van der Waals surface area contributed by atoms with Crippen LogP contribution < -0.4 is 11.1 Å². The lowest BCUT2D eigenvalue weighted by Crippen LogP contribution is -2.35. The van der Waals surface area contributed by atoms with Crippen LogP contribution in [-0.2, 0) is 9.47 Å². The van der Waals surface area contributed by atoms with E-state index in [1.807, 2.05) is 0 Å². The average Bonchev–Trinajstić information content (AvgIpc) is 2.17. The Hall–Kier alpha value is 0.0569. The van der Waals surface area contributed by atoms with Gasteiger partial charge in [-0.1, -0.05) is 0 Å². The van der Waals surface area contributed by atoms with Crippen molar-refractivity contribution in [1.82, 2.24) is 5.32 Å². The van der Waals surface area contributed by atoms with Gasteiger partial charge < -0.3 is 20.5 Å². The molecule has 3 radical (unpaired) electrons. The monoisotopic (exact) mass is 203 g/mol. The molecule has 0 bridgehead atoms. The van der Waals surface area contributed by atoms with E-state index >= 15 is 0 Å². The van der Waals surface area contributed by atoms with Crippen LogP contribution in [0.1, 0.15) is 12.8 Å². The molecule has 5 heteroatoms. The van der Waals surface area contributed by atoms with Gasteiger partial charge in [-0.15, -0.1) is 0 Å². The summed E-state index contributed by atoms with van der Waals surface area (Å²) < 4.78 is 10.3. The summed E-state index contributed by atoms with van der Waals surface area (Å²) in [4.78, 5) is 0. The van der Waals surface area contributed by atoms with Crippen LogP contribution in [0.15, 0.2) is 0 Å². The lowest BCUT2D eigenvalue weighted by Gasteiger charge is -2.26.